The molecule has 33 heavy (non-hydrogen) atoms. The standard InChI is InChI=1S/C26H29N5O2/c1-2-6-23(32)31-15-13-19(14-16-31)17-28-26-24(25(27)29-18-30-26)20-9-11-22(12-10-20)33-21-7-4-3-5-8-21/h2-12,18-19H,13-17H2,1H3,(H3,27,28,29,30)/b6-2-. The van der Waals surface area contributed by atoms with Gasteiger partial charge in [-0.15, -0.1) is 0 Å². The van der Waals surface area contributed by atoms with Gasteiger partial charge in [-0.25, -0.2) is 9.97 Å². The van der Waals surface area contributed by atoms with E-state index in [-0.39, 0.29) is 5.91 Å². The lowest BCUT2D eigenvalue weighted by molar-refractivity contribution is -0.127. The Labute approximate surface area is 194 Å². The number of carbonyl (C=O) groups is 1. The van der Waals surface area contributed by atoms with Crippen molar-refractivity contribution < 1.29 is 9.53 Å². The van der Waals surface area contributed by atoms with E-state index in [0.29, 0.717) is 17.6 Å². The minimum Gasteiger partial charge on any atom is -0.457 e. The van der Waals surface area contributed by atoms with Crippen LogP contribution in [0, 0.1) is 5.92 Å². The fourth-order valence-corrected chi connectivity index (χ4v) is 3.98. The third kappa shape index (κ3) is 5.68. The molecule has 1 saturated heterocycles. The molecule has 0 radical (unpaired) electrons. The van der Waals surface area contributed by atoms with Gasteiger partial charge in [0.2, 0.25) is 5.91 Å². The molecular formula is C26H29N5O2. The zero-order valence-corrected chi connectivity index (χ0v) is 18.8. The first-order chi connectivity index (χ1) is 16.1. The third-order valence-corrected chi connectivity index (χ3v) is 5.79. The van der Waals surface area contributed by atoms with Crippen LogP contribution in [-0.4, -0.2) is 40.4 Å². The van der Waals surface area contributed by atoms with Crippen LogP contribution >= 0.6 is 0 Å². The molecule has 2 heterocycles. The molecular weight excluding hydrogens is 414 g/mol. The largest absolute Gasteiger partial charge is 0.457 e. The number of hydrogen-bond donors (Lipinski definition) is 2. The van der Waals surface area contributed by atoms with E-state index in [9.17, 15) is 4.79 Å². The first kappa shape index (κ1) is 22.3. The molecule has 0 saturated carbocycles. The van der Waals surface area contributed by atoms with Crippen LogP contribution in [0.25, 0.3) is 11.1 Å². The van der Waals surface area contributed by atoms with Crippen LogP contribution in [0.5, 0.6) is 11.5 Å². The SMILES string of the molecule is C/C=C\C(=O)N1CCC(CNc2ncnc(N)c2-c2ccc(Oc3ccccc3)cc2)CC1. The molecule has 3 aromatic rings. The molecule has 0 unspecified atom stereocenters. The summed E-state index contributed by atoms with van der Waals surface area (Å²) in [6.45, 7) is 4.18. The summed E-state index contributed by atoms with van der Waals surface area (Å²) in [7, 11) is 0. The molecule has 2 aromatic carbocycles. The number of nitrogens with two attached hydrogens (primary N) is 1. The van der Waals surface area contributed by atoms with Crippen molar-refractivity contribution in [2.24, 2.45) is 5.92 Å². The number of aromatic nitrogens is 2. The van der Waals surface area contributed by atoms with Crippen molar-refractivity contribution in [1.82, 2.24) is 14.9 Å². The Hall–Kier alpha value is -3.87. The van der Waals surface area contributed by atoms with Crippen LogP contribution in [0.2, 0.25) is 0 Å². The van der Waals surface area contributed by atoms with Crippen LogP contribution in [0.3, 0.4) is 0 Å². The summed E-state index contributed by atoms with van der Waals surface area (Å²) < 4.78 is 5.89. The molecule has 1 aromatic heterocycles. The summed E-state index contributed by atoms with van der Waals surface area (Å²) in [5, 5.41) is 3.47. The summed E-state index contributed by atoms with van der Waals surface area (Å²) >= 11 is 0. The molecule has 3 N–H and O–H groups in total. The van der Waals surface area contributed by atoms with Gasteiger partial charge in [-0.3, -0.25) is 4.79 Å². The number of hydrogen-bond acceptors (Lipinski definition) is 6. The lowest BCUT2D eigenvalue weighted by atomic mass is 9.96. The normalized spacial score (nSPS) is 14.4. The lowest BCUT2D eigenvalue weighted by Crippen LogP contribution is -2.39. The van der Waals surface area contributed by atoms with Crippen molar-refractivity contribution in [2.45, 2.75) is 19.8 Å². The first-order valence-corrected chi connectivity index (χ1v) is 11.2. The molecule has 7 nitrogen and oxygen atoms in total. The molecule has 0 bridgehead atoms. The summed E-state index contributed by atoms with van der Waals surface area (Å²) in [6.07, 6.45) is 6.81. The maximum absolute atomic E-state index is 12.0. The number of amides is 1. The Bertz CT molecular complexity index is 1090. The van der Waals surface area contributed by atoms with Gasteiger partial charge >= 0.3 is 0 Å². The minimum atomic E-state index is 0.0921. The van der Waals surface area contributed by atoms with Crippen LogP contribution in [-0.2, 0) is 4.79 Å². The number of likely N-dealkylation sites (tertiary alicyclic amines) is 1. The molecule has 0 aliphatic carbocycles. The zero-order chi connectivity index (χ0) is 23.0. The number of nitrogen functional groups attached to an aromatic ring is 1. The van der Waals surface area contributed by atoms with Gasteiger partial charge in [-0.2, -0.15) is 0 Å². The van der Waals surface area contributed by atoms with Gasteiger partial charge in [0.25, 0.3) is 0 Å². The molecule has 1 aliphatic heterocycles. The Morgan fingerprint density at radius 3 is 2.48 bits per heavy atom. The average molecular weight is 444 g/mol. The van der Waals surface area contributed by atoms with Crippen molar-refractivity contribution in [1.29, 1.82) is 0 Å². The minimum absolute atomic E-state index is 0.0921. The Morgan fingerprint density at radius 1 is 1.09 bits per heavy atom. The van der Waals surface area contributed by atoms with E-state index in [1.165, 1.54) is 6.33 Å². The van der Waals surface area contributed by atoms with Crippen molar-refractivity contribution in [2.75, 3.05) is 30.7 Å². The molecule has 1 amide bonds. The fourth-order valence-electron chi connectivity index (χ4n) is 3.98. The second-order valence-electron chi connectivity index (χ2n) is 8.07. The van der Waals surface area contributed by atoms with Crippen LogP contribution in [0.15, 0.2) is 73.1 Å². The van der Waals surface area contributed by atoms with Gasteiger partial charge in [0.05, 0.1) is 5.56 Å². The highest BCUT2D eigenvalue weighted by Crippen LogP contribution is 2.33. The summed E-state index contributed by atoms with van der Waals surface area (Å²) in [4.78, 5) is 22.6. The van der Waals surface area contributed by atoms with Crippen LogP contribution in [0.4, 0.5) is 11.6 Å². The van der Waals surface area contributed by atoms with Gasteiger partial charge < -0.3 is 20.7 Å². The Balaban J connectivity index is 1.41. The molecule has 0 atom stereocenters. The van der Waals surface area contributed by atoms with E-state index in [4.69, 9.17) is 10.5 Å². The molecule has 0 spiro atoms. The summed E-state index contributed by atoms with van der Waals surface area (Å²) in [6, 6.07) is 17.4. The van der Waals surface area contributed by atoms with Gasteiger partial charge in [0, 0.05) is 19.6 Å². The number of piperidine rings is 1. The van der Waals surface area contributed by atoms with E-state index < -0.39 is 0 Å². The van der Waals surface area contributed by atoms with Crippen LogP contribution < -0.4 is 15.8 Å². The number of rotatable bonds is 7. The molecule has 7 heteroatoms. The predicted molar refractivity (Wildman–Crippen MR) is 131 cm³/mol. The number of anilines is 2. The fraction of sp³-hybridized carbons (Fsp3) is 0.269. The Kier molecular flexibility index (Phi) is 7.19. The van der Waals surface area contributed by atoms with Crippen molar-refractivity contribution in [3.05, 3.63) is 73.1 Å². The number of nitrogens with one attached hydrogen (secondary N) is 1. The lowest BCUT2D eigenvalue weighted by Gasteiger charge is -2.31. The van der Waals surface area contributed by atoms with Gasteiger partial charge in [0.15, 0.2) is 0 Å². The zero-order valence-electron chi connectivity index (χ0n) is 18.8. The number of ether oxygens (including phenoxy) is 1. The van der Waals surface area contributed by atoms with Gasteiger partial charge in [-0.05, 0) is 61.6 Å². The van der Waals surface area contributed by atoms with Gasteiger partial charge in [0.1, 0.15) is 29.5 Å². The predicted octanol–water partition coefficient (Wildman–Crippen LogP) is 4.74. The quantitative estimate of drug-likeness (QED) is 0.512. The highest BCUT2D eigenvalue weighted by molar-refractivity contribution is 5.87. The number of carbonyl (C=O) groups excluding carboxylic acids is 1. The smallest absolute Gasteiger partial charge is 0.246 e. The van der Waals surface area contributed by atoms with E-state index in [0.717, 1.165) is 55.1 Å². The number of allylic oxidation sites excluding steroid dienone is 1. The number of nitrogens with zero attached hydrogens (tertiary/aromatic N) is 3. The monoisotopic (exact) mass is 443 g/mol. The second kappa shape index (κ2) is 10.6. The molecule has 170 valence electrons. The van der Waals surface area contributed by atoms with Crippen LogP contribution in [0.1, 0.15) is 19.8 Å². The number of para-hydroxylation sites is 1. The summed E-state index contributed by atoms with van der Waals surface area (Å²) in [5.41, 5.74) is 7.93. The third-order valence-electron chi connectivity index (χ3n) is 5.79. The van der Waals surface area contributed by atoms with E-state index in [1.54, 1.807) is 12.2 Å². The first-order valence-electron chi connectivity index (χ1n) is 11.2. The number of benzene rings is 2. The summed E-state index contributed by atoms with van der Waals surface area (Å²) in [5.74, 6) is 3.23. The maximum atomic E-state index is 12.0. The molecule has 1 aliphatic rings. The van der Waals surface area contributed by atoms with E-state index in [2.05, 4.69) is 15.3 Å². The Morgan fingerprint density at radius 2 is 1.79 bits per heavy atom. The van der Waals surface area contributed by atoms with Crippen molar-refractivity contribution in [3.63, 3.8) is 0 Å². The maximum Gasteiger partial charge on any atom is 0.246 e. The average Bonchev–Trinajstić information content (AvgIpc) is 2.84. The van der Waals surface area contributed by atoms with Crippen molar-refractivity contribution >= 4 is 17.5 Å². The highest BCUT2D eigenvalue weighted by atomic mass is 16.5. The van der Waals surface area contributed by atoms with E-state index >= 15 is 0 Å². The van der Waals surface area contributed by atoms with Gasteiger partial charge in [-0.1, -0.05) is 36.4 Å². The van der Waals surface area contributed by atoms with E-state index in [1.807, 2.05) is 66.4 Å². The highest BCUT2D eigenvalue weighted by Gasteiger charge is 2.22. The molecule has 1 fully saturated rings. The second-order valence-corrected chi connectivity index (χ2v) is 8.07. The molecule has 4 rings (SSSR count). The topological polar surface area (TPSA) is 93.4 Å². The van der Waals surface area contributed by atoms with Crippen molar-refractivity contribution in [3.8, 4) is 22.6 Å².